The van der Waals surface area contributed by atoms with E-state index in [-0.39, 0.29) is 141 Å². The van der Waals surface area contributed by atoms with Crippen LogP contribution in [0.15, 0.2) is 0 Å². The van der Waals surface area contributed by atoms with Crippen molar-refractivity contribution in [3.8, 4) is 0 Å². The lowest BCUT2D eigenvalue weighted by Crippen LogP contribution is -2.38. The van der Waals surface area contributed by atoms with Crippen LogP contribution in [0.1, 0.15) is 33.1 Å². The van der Waals surface area contributed by atoms with E-state index in [4.69, 9.17) is 103 Å². The molecule has 4 heterocycles. The maximum Gasteiger partial charge on any atom is 0.472 e. The number of hydrogen-bond donors (Lipinski definition) is 6. The maximum atomic E-state index is 13.7. The summed E-state index contributed by atoms with van der Waals surface area (Å²) in [6, 6.07) is -3.68. The molecule has 8 unspecified atom stereocenters. The van der Waals surface area contributed by atoms with E-state index >= 15 is 0 Å². The SMILES string of the molecule is [B][C@@H]1O[C@@H]2COP(=O)(O)OC3[C@@H](CC)O[C@@H]([B])[C@H]3SCC(COCCOCCC(C)=O)COCCOCCC(=O)NCCOCCOCC(COCCOCCNC)CS[C@H]3C(OP(=O)(O)OC)[C@@H](COP(=O)(O)OC2[C@@H]1O)O[C@H]3[B]. The average Bonchev–Trinajstić information content (AvgIpc) is 4.03. The Hall–Kier alpha value is -0.155. The Morgan fingerprint density at radius 2 is 1.28 bits per heavy atom. The van der Waals surface area contributed by atoms with E-state index in [1.165, 1.54) is 30.4 Å². The van der Waals surface area contributed by atoms with Crippen LogP contribution in [0.2, 0.25) is 0 Å². The molecule has 464 valence electrons. The third-order valence-electron chi connectivity index (χ3n) is 12.4. The van der Waals surface area contributed by atoms with Gasteiger partial charge in [0.05, 0.1) is 136 Å². The van der Waals surface area contributed by atoms with Gasteiger partial charge >= 0.3 is 23.5 Å². The van der Waals surface area contributed by atoms with Crippen molar-refractivity contribution < 1.29 is 122 Å². The molecular formula is C45H82B3N2O26P3S2. The van der Waals surface area contributed by atoms with Crippen LogP contribution in [0, 0.1) is 11.8 Å². The molecule has 36 heteroatoms. The molecule has 4 rings (SSSR count). The van der Waals surface area contributed by atoms with Gasteiger partial charge in [0.15, 0.2) is 0 Å². The summed E-state index contributed by atoms with van der Waals surface area (Å²) in [6.07, 6.45) is -9.11. The number of hydrogen-bond acceptors (Lipinski definition) is 26. The average molecular weight is 1260 g/mol. The van der Waals surface area contributed by atoms with Crippen molar-refractivity contribution in [1.82, 2.24) is 10.6 Å². The van der Waals surface area contributed by atoms with Gasteiger partial charge in [0.2, 0.25) is 5.91 Å². The molecule has 0 aromatic heterocycles. The Kier molecular flexibility index (Phi) is 35.9. The minimum absolute atomic E-state index is 0.00179. The van der Waals surface area contributed by atoms with Gasteiger partial charge in [-0.2, -0.15) is 23.5 Å². The number of ether oxygens (including phenoxy) is 11. The first-order valence-electron chi connectivity index (χ1n) is 26.7. The number of carbonyl (C=O) groups excluding carboxylic acids is 2. The first-order valence-corrected chi connectivity index (χ1v) is 33.3. The minimum atomic E-state index is -5.27. The molecule has 81 heavy (non-hydrogen) atoms. The fraction of sp³-hybridized carbons (Fsp3) is 0.956. The number of amides is 1. The van der Waals surface area contributed by atoms with Gasteiger partial charge in [0.1, 0.15) is 65.9 Å². The topological polar surface area (TPSA) is 347 Å². The molecule has 0 aromatic rings. The number of fused-ring (bicyclic) bond motifs is 4. The van der Waals surface area contributed by atoms with Gasteiger partial charge in [-0.15, -0.1) is 0 Å². The maximum absolute atomic E-state index is 13.7. The van der Waals surface area contributed by atoms with Gasteiger partial charge in [0, 0.05) is 74.4 Å². The van der Waals surface area contributed by atoms with Crippen LogP contribution in [0.25, 0.3) is 0 Å². The summed E-state index contributed by atoms with van der Waals surface area (Å²) in [4.78, 5) is 56.4. The minimum Gasteiger partial charge on any atom is -0.388 e. The Labute approximate surface area is 487 Å². The van der Waals surface area contributed by atoms with Crippen molar-refractivity contribution in [2.24, 2.45) is 11.8 Å². The summed E-state index contributed by atoms with van der Waals surface area (Å²) in [7, 11) is 6.43. The third-order valence-corrected chi connectivity index (χ3v) is 18.5. The van der Waals surface area contributed by atoms with Gasteiger partial charge in [-0.1, -0.05) is 6.92 Å². The molecule has 0 aliphatic carbocycles. The highest BCUT2D eigenvalue weighted by Crippen LogP contribution is 2.53. The molecule has 4 saturated heterocycles. The van der Waals surface area contributed by atoms with E-state index in [1.54, 1.807) is 14.0 Å². The molecule has 6 radical (unpaired) electrons. The largest absolute Gasteiger partial charge is 0.472 e. The second-order valence-corrected chi connectivity index (χ2v) is 25.7. The zero-order valence-corrected chi connectivity index (χ0v) is 50.7. The van der Waals surface area contributed by atoms with Crippen molar-refractivity contribution >= 4 is 82.2 Å². The van der Waals surface area contributed by atoms with Crippen LogP contribution in [0.3, 0.4) is 0 Å². The van der Waals surface area contributed by atoms with Gasteiger partial charge in [-0.3, -0.25) is 36.7 Å². The molecule has 0 aromatic carbocycles. The number of phosphoric acid groups is 3. The number of carbonyl (C=O) groups is 2. The molecule has 4 aliphatic rings. The van der Waals surface area contributed by atoms with Gasteiger partial charge in [-0.25, -0.2) is 13.7 Å². The van der Waals surface area contributed by atoms with Gasteiger partial charge < -0.3 is 82.5 Å². The molecule has 6 N–H and O–H groups in total. The Balaban J connectivity index is 1.49. The number of phosphoric ester groups is 3. The van der Waals surface area contributed by atoms with E-state index in [0.29, 0.717) is 31.9 Å². The zero-order chi connectivity index (χ0) is 59.3. The predicted molar refractivity (Wildman–Crippen MR) is 295 cm³/mol. The molecule has 2 bridgehead atoms. The fourth-order valence-corrected chi connectivity index (χ4v) is 13.6. The molecule has 0 spiro atoms. The second kappa shape index (κ2) is 39.7. The summed E-state index contributed by atoms with van der Waals surface area (Å²) in [6.45, 7) is 6.18. The number of ketones is 1. The number of rotatable bonds is 20. The highest BCUT2D eigenvalue weighted by molar-refractivity contribution is 8.00. The van der Waals surface area contributed by atoms with Crippen molar-refractivity contribution in [3.05, 3.63) is 0 Å². The number of aliphatic hydroxyl groups excluding tert-OH is 1. The molecule has 4 aliphatic heterocycles. The Morgan fingerprint density at radius 3 is 1.89 bits per heavy atom. The van der Waals surface area contributed by atoms with Crippen LogP contribution < -0.4 is 10.6 Å². The molecule has 17 atom stereocenters. The number of likely N-dealkylation sites (N-methyl/N-ethyl adjacent to an activating group) is 1. The number of nitrogens with one attached hydrogen (secondary N) is 2. The predicted octanol–water partition coefficient (Wildman–Crippen LogP) is -0.139. The van der Waals surface area contributed by atoms with E-state index < -0.39 is 108 Å². The van der Waals surface area contributed by atoms with Crippen LogP contribution in [0.4, 0.5) is 0 Å². The Bertz CT molecular complexity index is 1930. The lowest BCUT2D eigenvalue weighted by Gasteiger charge is -2.28. The zero-order valence-electron chi connectivity index (χ0n) is 46.4. The normalized spacial score (nSPS) is 36.6. The summed E-state index contributed by atoms with van der Waals surface area (Å²) in [5.74, 6) is -0.176. The number of Topliss-reactive ketones (excluding diaryl/α,β-unsaturated/α-hetero) is 1. The lowest BCUT2D eigenvalue weighted by atomic mass is 9.93. The molecular weight excluding hydrogens is 1170 g/mol. The van der Waals surface area contributed by atoms with Crippen molar-refractivity contribution in [1.29, 1.82) is 0 Å². The van der Waals surface area contributed by atoms with Crippen LogP contribution >= 0.6 is 47.0 Å². The highest BCUT2D eigenvalue weighted by atomic mass is 32.2. The van der Waals surface area contributed by atoms with Crippen molar-refractivity contribution in [3.63, 3.8) is 0 Å². The van der Waals surface area contributed by atoms with E-state index in [9.17, 15) is 43.1 Å². The summed E-state index contributed by atoms with van der Waals surface area (Å²) in [5.41, 5.74) is 0. The first kappa shape index (κ1) is 73.3. The van der Waals surface area contributed by atoms with E-state index in [2.05, 4.69) is 10.6 Å². The Morgan fingerprint density at radius 1 is 0.741 bits per heavy atom. The standard InChI is InChI=1S/C45H82B3N2O26P3S2/c1-5-33-39-41(44(47)71-33)80-28-31(22-65-18-14-61-10-6-30(2)51)23-66-19-15-62-11-7-36(52)50-9-13-64-17-21-68-25-32(24-67-20-16-63-12-8-49-3)29-81-42-40(75-77(54,55)60-4)35(73-45(42)48)27-70-78(56,57)74-38-34(72-43(46)37(38)53)26-69-79(58,59)76-39/h31-35,37-45,49,53H,5-29H2,1-4H3,(H,50,52)(H,54,55)(H,56,57)(H,58,59)/t31?,32?,33-,34-,35-,37+,38?,39?,40?,41+,42+,43-,44-,45-/m1/s1. The first-order chi connectivity index (χ1) is 38.7. The number of thioether (sulfide) groups is 2. The number of aliphatic hydroxyl groups is 1. The highest BCUT2D eigenvalue weighted by Gasteiger charge is 2.51. The third kappa shape index (κ3) is 28.7. The van der Waals surface area contributed by atoms with Crippen LogP contribution in [-0.2, 0) is 103 Å². The molecule has 1 amide bonds. The summed E-state index contributed by atoms with van der Waals surface area (Å²) < 4.78 is 135. The summed E-state index contributed by atoms with van der Waals surface area (Å²) >= 11 is 2.48. The lowest BCUT2D eigenvalue weighted by molar-refractivity contribution is -0.122. The monoisotopic (exact) mass is 1260 g/mol. The molecule has 0 saturated carbocycles. The van der Waals surface area contributed by atoms with Crippen LogP contribution in [0.5, 0.6) is 0 Å². The molecule has 28 nitrogen and oxygen atoms in total. The fourth-order valence-electron chi connectivity index (χ4n) is 8.11. The van der Waals surface area contributed by atoms with Crippen LogP contribution in [-0.4, -0.2) is 284 Å². The van der Waals surface area contributed by atoms with Gasteiger partial charge in [-0.05, 0) is 20.4 Å². The van der Waals surface area contributed by atoms with E-state index in [1.807, 2.05) is 0 Å². The van der Waals surface area contributed by atoms with Gasteiger partial charge in [0.25, 0.3) is 0 Å². The van der Waals surface area contributed by atoms with Crippen molar-refractivity contribution in [2.45, 2.75) is 104 Å². The second-order valence-electron chi connectivity index (χ2n) is 18.9. The van der Waals surface area contributed by atoms with Crippen molar-refractivity contribution in [2.75, 3.05) is 158 Å². The smallest absolute Gasteiger partial charge is 0.388 e. The molecule has 4 fully saturated rings. The quantitative estimate of drug-likeness (QED) is 0.0525. The van der Waals surface area contributed by atoms with E-state index in [0.717, 1.165) is 7.11 Å². The summed E-state index contributed by atoms with van der Waals surface area (Å²) in [5, 5.41) is 15.1.